The predicted octanol–water partition coefficient (Wildman–Crippen LogP) is 3.78. The van der Waals surface area contributed by atoms with Gasteiger partial charge in [0.2, 0.25) is 0 Å². The maximum atomic E-state index is 6.36. The molecule has 0 saturated carbocycles. The summed E-state index contributed by atoms with van der Waals surface area (Å²) < 4.78 is 7.21. The molecule has 4 rings (SSSR count). The van der Waals surface area contributed by atoms with E-state index in [0.29, 0.717) is 6.04 Å². The first kappa shape index (κ1) is 15.5. The number of halogens is 1. The fraction of sp³-hybridized carbons (Fsp3) is 0.529. The van der Waals surface area contributed by atoms with Crippen LogP contribution >= 0.6 is 22.9 Å². The Morgan fingerprint density at radius 3 is 3.00 bits per heavy atom. The number of thiophene rings is 1. The minimum absolute atomic E-state index is 0.152. The van der Waals surface area contributed by atoms with Crippen LogP contribution in [-0.4, -0.2) is 22.8 Å². The molecule has 23 heavy (non-hydrogen) atoms. The topological polar surface area (TPSA) is 47.0 Å². The molecule has 1 fully saturated rings. The molecule has 122 valence electrons. The summed E-state index contributed by atoms with van der Waals surface area (Å²) in [5.74, 6) is 0. The van der Waals surface area contributed by atoms with Crippen molar-refractivity contribution in [3.63, 3.8) is 0 Å². The summed E-state index contributed by atoms with van der Waals surface area (Å²) in [7, 11) is 0. The normalized spacial score (nSPS) is 30.4. The fourth-order valence-corrected chi connectivity index (χ4v) is 5.31. The van der Waals surface area contributed by atoms with E-state index < -0.39 is 0 Å². The van der Waals surface area contributed by atoms with Crippen LogP contribution in [0, 0.1) is 6.92 Å². The molecule has 1 spiro atoms. The van der Waals surface area contributed by atoms with E-state index in [1.165, 1.54) is 10.4 Å². The number of nitrogens with zero attached hydrogens (tertiary/aromatic N) is 2. The van der Waals surface area contributed by atoms with E-state index in [1.54, 1.807) is 11.3 Å². The molecule has 2 aromatic heterocycles. The van der Waals surface area contributed by atoms with Crippen molar-refractivity contribution in [3.05, 3.63) is 44.4 Å². The zero-order valence-corrected chi connectivity index (χ0v) is 14.9. The number of aromatic nitrogens is 2. The maximum absolute atomic E-state index is 6.36. The van der Waals surface area contributed by atoms with E-state index in [2.05, 4.69) is 34.6 Å². The number of hydrogen-bond acceptors (Lipinski definition) is 5. The summed E-state index contributed by atoms with van der Waals surface area (Å²) in [4.78, 5) is 1.31. The van der Waals surface area contributed by atoms with Gasteiger partial charge in [-0.15, -0.1) is 11.3 Å². The van der Waals surface area contributed by atoms with Crippen LogP contribution in [0.4, 0.5) is 0 Å². The average Bonchev–Trinajstić information content (AvgIpc) is 2.90. The Bertz CT molecular complexity index is 717. The van der Waals surface area contributed by atoms with Crippen molar-refractivity contribution in [3.8, 4) is 0 Å². The second kappa shape index (κ2) is 5.81. The molecule has 1 saturated heterocycles. The molecule has 3 atom stereocenters. The Morgan fingerprint density at radius 1 is 1.35 bits per heavy atom. The lowest BCUT2D eigenvalue weighted by Crippen LogP contribution is -2.49. The van der Waals surface area contributed by atoms with E-state index in [4.69, 9.17) is 16.3 Å². The van der Waals surface area contributed by atoms with Gasteiger partial charge in [0.05, 0.1) is 28.4 Å². The third-order valence-corrected chi connectivity index (χ3v) is 6.27. The molecule has 2 aromatic rings. The van der Waals surface area contributed by atoms with Gasteiger partial charge in [0, 0.05) is 17.3 Å². The number of aryl methyl sites for hydroxylation is 1. The van der Waals surface area contributed by atoms with Gasteiger partial charge in [0.15, 0.2) is 0 Å². The Morgan fingerprint density at radius 2 is 2.22 bits per heavy atom. The van der Waals surface area contributed by atoms with Gasteiger partial charge in [-0.1, -0.05) is 11.6 Å². The molecule has 3 unspecified atom stereocenters. The predicted molar refractivity (Wildman–Crippen MR) is 92.0 cm³/mol. The summed E-state index contributed by atoms with van der Waals surface area (Å²) in [5.41, 5.74) is 3.04. The third kappa shape index (κ3) is 2.80. The van der Waals surface area contributed by atoms with Gasteiger partial charge in [-0.25, -0.2) is 0 Å². The molecule has 4 nitrogen and oxygen atoms in total. The smallest absolute Gasteiger partial charge is 0.106 e. The van der Waals surface area contributed by atoms with Gasteiger partial charge in [-0.3, -0.25) is 0 Å². The lowest BCUT2D eigenvalue weighted by atomic mass is 9.79. The van der Waals surface area contributed by atoms with Gasteiger partial charge in [0.1, 0.15) is 5.60 Å². The molecule has 1 N–H and O–H groups in total. The number of piperidine rings is 1. The first-order chi connectivity index (χ1) is 11.1. The fourth-order valence-electron chi connectivity index (χ4n) is 3.85. The van der Waals surface area contributed by atoms with Crippen molar-refractivity contribution in [2.24, 2.45) is 0 Å². The highest BCUT2D eigenvalue weighted by Gasteiger charge is 2.46. The van der Waals surface area contributed by atoms with Gasteiger partial charge >= 0.3 is 0 Å². The van der Waals surface area contributed by atoms with E-state index in [9.17, 15) is 0 Å². The minimum Gasteiger partial charge on any atom is -0.369 e. The minimum atomic E-state index is -0.243. The third-order valence-electron chi connectivity index (χ3n) is 4.77. The number of fused-ring (bicyclic) bond motifs is 2. The lowest BCUT2D eigenvalue weighted by Gasteiger charge is -2.45. The molecular formula is C17H20ClN3OS. The van der Waals surface area contributed by atoms with Crippen LogP contribution in [0.3, 0.4) is 0 Å². The number of hydrogen-bond donors (Lipinski definition) is 1. The summed E-state index contributed by atoms with van der Waals surface area (Å²) in [5, 5.41) is 12.2. The second-order valence-corrected chi connectivity index (χ2v) is 8.31. The zero-order chi connectivity index (χ0) is 16.0. The highest BCUT2D eigenvalue weighted by molar-refractivity contribution is 7.16. The SMILES string of the molecule is Cc1ccc(C2CC3(CC(C)N2)OCCc2cc(Cl)sc23)nn1. The van der Waals surface area contributed by atoms with E-state index >= 15 is 0 Å². The highest BCUT2D eigenvalue weighted by atomic mass is 35.5. The molecule has 0 bridgehead atoms. The number of nitrogens with one attached hydrogen (secondary N) is 1. The summed E-state index contributed by atoms with van der Waals surface area (Å²) in [6, 6.07) is 6.70. The van der Waals surface area contributed by atoms with Crippen LogP contribution in [0.15, 0.2) is 18.2 Å². The van der Waals surface area contributed by atoms with Crippen LogP contribution < -0.4 is 5.32 Å². The molecule has 6 heteroatoms. The van der Waals surface area contributed by atoms with Gasteiger partial charge in [-0.2, -0.15) is 10.2 Å². The number of ether oxygens (including phenoxy) is 1. The molecule has 0 aliphatic carbocycles. The van der Waals surface area contributed by atoms with Crippen molar-refractivity contribution >= 4 is 22.9 Å². The Labute approximate surface area is 145 Å². The second-order valence-electron chi connectivity index (χ2n) is 6.63. The number of rotatable bonds is 1. The van der Waals surface area contributed by atoms with Crippen molar-refractivity contribution in [1.82, 2.24) is 15.5 Å². The van der Waals surface area contributed by atoms with E-state index in [0.717, 1.165) is 41.6 Å². The monoisotopic (exact) mass is 349 g/mol. The quantitative estimate of drug-likeness (QED) is 0.851. The van der Waals surface area contributed by atoms with Crippen LogP contribution in [-0.2, 0) is 16.8 Å². The van der Waals surface area contributed by atoms with Crippen molar-refractivity contribution in [1.29, 1.82) is 0 Å². The molecular weight excluding hydrogens is 330 g/mol. The maximum Gasteiger partial charge on any atom is 0.106 e. The average molecular weight is 350 g/mol. The Balaban J connectivity index is 1.71. The first-order valence-electron chi connectivity index (χ1n) is 8.05. The molecule has 0 amide bonds. The standard InChI is InChI=1S/C17H20ClN3OS/c1-10-3-4-13(21-20-10)14-9-17(8-11(2)19-14)16-12(5-6-22-17)7-15(18)23-16/h3-4,7,11,14,19H,5-6,8-9H2,1-2H3. The first-order valence-corrected chi connectivity index (χ1v) is 9.24. The molecule has 2 aliphatic heterocycles. The highest BCUT2D eigenvalue weighted by Crippen LogP contribution is 2.49. The van der Waals surface area contributed by atoms with Crippen molar-refractivity contribution < 1.29 is 4.74 Å². The summed E-state index contributed by atoms with van der Waals surface area (Å²) in [6.45, 7) is 4.93. The van der Waals surface area contributed by atoms with E-state index in [-0.39, 0.29) is 11.6 Å². The van der Waals surface area contributed by atoms with E-state index in [1.807, 2.05) is 13.0 Å². The molecule has 2 aliphatic rings. The summed E-state index contributed by atoms with van der Waals surface area (Å²) >= 11 is 7.96. The van der Waals surface area contributed by atoms with Crippen LogP contribution in [0.2, 0.25) is 4.34 Å². The molecule has 0 radical (unpaired) electrons. The Kier molecular flexibility index (Phi) is 3.92. The molecule has 0 aromatic carbocycles. The molecule has 4 heterocycles. The van der Waals surface area contributed by atoms with Crippen LogP contribution in [0.5, 0.6) is 0 Å². The summed E-state index contributed by atoms with van der Waals surface area (Å²) in [6.07, 6.45) is 2.79. The van der Waals surface area contributed by atoms with Crippen LogP contribution in [0.25, 0.3) is 0 Å². The van der Waals surface area contributed by atoms with Crippen molar-refractivity contribution in [2.75, 3.05) is 6.61 Å². The van der Waals surface area contributed by atoms with Gasteiger partial charge in [-0.05, 0) is 50.5 Å². The largest absolute Gasteiger partial charge is 0.369 e. The lowest BCUT2D eigenvalue weighted by molar-refractivity contribution is -0.0958. The zero-order valence-electron chi connectivity index (χ0n) is 13.3. The van der Waals surface area contributed by atoms with Crippen LogP contribution in [0.1, 0.15) is 47.6 Å². The van der Waals surface area contributed by atoms with Crippen molar-refractivity contribution in [2.45, 2.75) is 50.8 Å². The van der Waals surface area contributed by atoms with Gasteiger partial charge in [0.25, 0.3) is 0 Å². The van der Waals surface area contributed by atoms with Gasteiger partial charge < -0.3 is 10.1 Å². The Hall–Kier alpha value is -1.01.